The second-order valence-electron chi connectivity index (χ2n) is 10.3. The second kappa shape index (κ2) is 8.30. The van der Waals surface area contributed by atoms with Crippen LogP contribution in [-0.4, -0.2) is 46.6 Å². The van der Waals surface area contributed by atoms with Crippen LogP contribution in [-0.2, 0) is 16.8 Å². The van der Waals surface area contributed by atoms with Crippen LogP contribution >= 0.6 is 0 Å². The molecule has 33 heavy (non-hydrogen) atoms. The monoisotopic (exact) mass is 443 g/mol. The number of para-hydroxylation sites is 1. The molecule has 4 atom stereocenters. The van der Waals surface area contributed by atoms with E-state index in [0.29, 0.717) is 11.8 Å². The lowest BCUT2D eigenvalue weighted by Gasteiger charge is -2.33. The van der Waals surface area contributed by atoms with Gasteiger partial charge >= 0.3 is 0 Å². The van der Waals surface area contributed by atoms with Crippen LogP contribution in [0.3, 0.4) is 0 Å². The van der Waals surface area contributed by atoms with Gasteiger partial charge in [-0.05, 0) is 48.3 Å². The van der Waals surface area contributed by atoms with Crippen molar-refractivity contribution in [2.75, 3.05) is 19.6 Å². The van der Waals surface area contributed by atoms with E-state index in [1.54, 1.807) is 0 Å². The molecular weight excluding hydrogens is 410 g/mol. The lowest BCUT2D eigenvalue weighted by atomic mass is 9.79. The van der Waals surface area contributed by atoms with Gasteiger partial charge in [-0.15, -0.1) is 0 Å². The number of carbonyl (C=O) groups is 1. The number of benzene rings is 2. The smallest absolute Gasteiger partial charge is 0.257 e. The largest absolute Gasteiger partial charge is 0.375 e. The predicted molar refractivity (Wildman–Crippen MR) is 130 cm³/mol. The number of H-pyrrole nitrogens is 1. The Morgan fingerprint density at radius 1 is 1.03 bits per heavy atom. The van der Waals surface area contributed by atoms with Gasteiger partial charge in [-0.1, -0.05) is 61.4 Å². The lowest BCUT2D eigenvalue weighted by Crippen LogP contribution is -2.51. The van der Waals surface area contributed by atoms with Crippen molar-refractivity contribution in [1.29, 1.82) is 0 Å². The highest BCUT2D eigenvalue weighted by Crippen LogP contribution is 2.47. The quantitative estimate of drug-likeness (QED) is 0.520. The predicted octanol–water partition coefficient (Wildman–Crippen LogP) is 3.83. The van der Waals surface area contributed by atoms with Crippen LogP contribution in [0.15, 0.2) is 60.8 Å². The average Bonchev–Trinajstić information content (AvgIpc) is 3.38. The van der Waals surface area contributed by atoms with Gasteiger partial charge in [0.1, 0.15) is 0 Å². The number of fused-ring (bicyclic) bond motifs is 2. The Balaban J connectivity index is 1.07. The Hall–Kier alpha value is -2.63. The van der Waals surface area contributed by atoms with Gasteiger partial charge in [0, 0.05) is 48.7 Å². The molecule has 5 nitrogen and oxygen atoms in total. The molecule has 1 amide bonds. The van der Waals surface area contributed by atoms with Crippen LogP contribution in [0, 0.1) is 17.8 Å². The molecule has 0 bridgehead atoms. The summed E-state index contributed by atoms with van der Waals surface area (Å²) in [5, 5.41) is 16.3. The number of piperidine rings is 1. The molecule has 1 aromatic heterocycles. The molecule has 2 heterocycles. The van der Waals surface area contributed by atoms with Crippen molar-refractivity contribution < 1.29 is 9.90 Å². The SMILES string of the molecule is O=C(NC1[C@H]2CN(CCc3c[nH]c4ccccc34)C[C@@H]12)C(O)(c1ccccc1)C1CCCC1. The summed E-state index contributed by atoms with van der Waals surface area (Å²) in [7, 11) is 0. The number of hydrogen-bond donors (Lipinski definition) is 3. The minimum atomic E-state index is -1.41. The van der Waals surface area contributed by atoms with Gasteiger partial charge in [-0.3, -0.25) is 4.79 Å². The zero-order valence-electron chi connectivity index (χ0n) is 19.0. The molecule has 3 aromatic rings. The minimum absolute atomic E-state index is 0.00571. The number of nitrogens with zero attached hydrogens (tertiary/aromatic N) is 1. The van der Waals surface area contributed by atoms with Gasteiger partial charge in [0.05, 0.1) is 0 Å². The summed E-state index contributed by atoms with van der Waals surface area (Å²) in [6, 6.07) is 18.3. The number of carbonyl (C=O) groups excluding carboxylic acids is 1. The van der Waals surface area contributed by atoms with E-state index in [1.165, 1.54) is 16.5 Å². The number of rotatable bonds is 7. The molecule has 1 aliphatic heterocycles. The Labute approximate surface area is 195 Å². The van der Waals surface area contributed by atoms with Crippen molar-refractivity contribution in [3.8, 4) is 0 Å². The zero-order valence-corrected chi connectivity index (χ0v) is 19.0. The van der Waals surface area contributed by atoms with Gasteiger partial charge in [-0.25, -0.2) is 0 Å². The molecule has 0 radical (unpaired) electrons. The molecule has 5 heteroatoms. The van der Waals surface area contributed by atoms with Gasteiger partial charge < -0.3 is 20.3 Å². The summed E-state index contributed by atoms with van der Waals surface area (Å²) in [5.74, 6) is 0.845. The fraction of sp³-hybridized carbons (Fsp3) is 0.464. The van der Waals surface area contributed by atoms with Crippen LogP contribution < -0.4 is 5.32 Å². The summed E-state index contributed by atoms with van der Waals surface area (Å²) in [4.78, 5) is 19.3. The molecule has 3 fully saturated rings. The molecule has 6 rings (SSSR count). The molecule has 2 unspecified atom stereocenters. The van der Waals surface area contributed by atoms with Crippen LogP contribution in [0.5, 0.6) is 0 Å². The van der Waals surface area contributed by atoms with E-state index >= 15 is 0 Å². The molecule has 3 aliphatic rings. The normalized spacial score (nSPS) is 26.9. The number of aromatic amines is 1. The van der Waals surface area contributed by atoms with Crippen molar-refractivity contribution >= 4 is 16.8 Å². The first kappa shape index (κ1) is 20.9. The lowest BCUT2D eigenvalue weighted by molar-refractivity contribution is -0.147. The minimum Gasteiger partial charge on any atom is -0.375 e. The Kier molecular flexibility index (Phi) is 5.27. The van der Waals surface area contributed by atoms with E-state index in [0.717, 1.165) is 57.3 Å². The molecule has 0 spiro atoms. The summed E-state index contributed by atoms with van der Waals surface area (Å²) in [5.41, 5.74) is 1.90. The Morgan fingerprint density at radius 3 is 2.48 bits per heavy atom. The maximum atomic E-state index is 13.4. The number of aliphatic hydroxyl groups is 1. The summed E-state index contributed by atoms with van der Waals surface area (Å²) in [6.45, 7) is 3.11. The number of amides is 1. The van der Waals surface area contributed by atoms with Crippen molar-refractivity contribution in [2.45, 2.75) is 43.7 Å². The topological polar surface area (TPSA) is 68.4 Å². The third kappa shape index (κ3) is 3.68. The van der Waals surface area contributed by atoms with E-state index in [1.807, 2.05) is 30.3 Å². The maximum Gasteiger partial charge on any atom is 0.257 e. The third-order valence-electron chi connectivity index (χ3n) is 8.45. The van der Waals surface area contributed by atoms with Crippen LogP contribution in [0.4, 0.5) is 0 Å². The van der Waals surface area contributed by atoms with E-state index in [9.17, 15) is 9.90 Å². The molecule has 3 N–H and O–H groups in total. The van der Waals surface area contributed by atoms with Crippen LogP contribution in [0.25, 0.3) is 10.9 Å². The van der Waals surface area contributed by atoms with Crippen molar-refractivity contribution in [3.05, 3.63) is 71.9 Å². The molecule has 2 aliphatic carbocycles. The van der Waals surface area contributed by atoms with Gasteiger partial charge in [-0.2, -0.15) is 0 Å². The first-order chi connectivity index (χ1) is 16.1. The standard InChI is InChI=1S/C28H33N3O2/c32-27(28(33,21-10-4-5-11-21)20-8-2-1-3-9-20)30-26-23-17-31(18-24(23)26)15-14-19-16-29-25-13-7-6-12-22(19)25/h1-3,6-9,12-13,16,21,23-24,26,29,33H,4-5,10-11,14-15,17-18H2,(H,30,32)/t23-,24+,26?,28?. The fourth-order valence-electron chi connectivity index (χ4n) is 6.48. The molecule has 1 saturated heterocycles. The Morgan fingerprint density at radius 2 is 1.73 bits per heavy atom. The Bertz CT molecular complexity index is 1120. The summed E-state index contributed by atoms with van der Waals surface area (Å²) in [6.07, 6.45) is 7.18. The van der Waals surface area contributed by atoms with Crippen LogP contribution in [0.2, 0.25) is 0 Å². The highest BCUT2D eigenvalue weighted by Gasteiger charge is 2.58. The molecule has 2 saturated carbocycles. The van der Waals surface area contributed by atoms with Gasteiger partial charge in [0.2, 0.25) is 0 Å². The van der Waals surface area contributed by atoms with Crippen molar-refractivity contribution in [3.63, 3.8) is 0 Å². The van der Waals surface area contributed by atoms with Crippen molar-refractivity contribution in [2.24, 2.45) is 17.8 Å². The number of hydrogen-bond acceptors (Lipinski definition) is 3. The van der Waals surface area contributed by atoms with E-state index < -0.39 is 5.60 Å². The van der Waals surface area contributed by atoms with Gasteiger partial charge in [0.15, 0.2) is 5.60 Å². The van der Waals surface area contributed by atoms with Crippen molar-refractivity contribution in [1.82, 2.24) is 15.2 Å². The third-order valence-corrected chi connectivity index (χ3v) is 8.45. The highest BCUT2D eigenvalue weighted by atomic mass is 16.3. The van der Waals surface area contributed by atoms with E-state index in [-0.39, 0.29) is 17.9 Å². The number of nitrogens with one attached hydrogen (secondary N) is 2. The zero-order chi connectivity index (χ0) is 22.4. The maximum absolute atomic E-state index is 13.4. The summed E-state index contributed by atoms with van der Waals surface area (Å²) < 4.78 is 0. The molecule has 172 valence electrons. The molecule has 2 aromatic carbocycles. The highest BCUT2D eigenvalue weighted by molar-refractivity contribution is 5.87. The second-order valence-corrected chi connectivity index (χ2v) is 10.3. The number of likely N-dealkylation sites (tertiary alicyclic amines) is 1. The van der Waals surface area contributed by atoms with Gasteiger partial charge in [0.25, 0.3) is 5.91 Å². The summed E-state index contributed by atoms with van der Waals surface area (Å²) >= 11 is 0. The first-order valence-corrected chi connectivity index (χ1v) is 12.5. The fourth-order valence-corrected chi connectivity index (χ4v) is 6.48. The number of aromatic nitrogens is 1. The average molecular weight is 444 g/mol. The van der Waals surface area contributed by atoms with E-state index in [4.69, 9.17) is 0 Å². The molecular formula is C28H33N3O2. The van der Waals surface area contributed by atoms with Crippen LogP contribution in [0.1, 0.15) is 36.8 Å². The van der Waals surface area contributed by atoms with E-state index in [2.05, 4.69) is 45.7 Å². The first-order valence-electron chi connectivity index (χ1n) is 12.5.